The summed E-state index contributed by atoms with van der Waals surface area (Å²) in [6.07, 6.45) is 5.72. The van der Waals surface area contributed by atoms with Gasteiger partial charge in [0.2, 0.25) is 5.91 Å². The van der Waals surface area contributed by atoms with E-state index in [1.54, 1.807) is 24.5 Å². The van der Waals surface area contributed by atoms with Crippen LogP contribution in [0.1, 0.15) is 16.7 Å². The van der Waals surface area contributed by atoms with E-state index >= 15 is 0 Å². The van der Waals surface area contributed by atoms with Crippen LogP contribution in [0, 0.1) is 0 Å². The normalized spacial score (nSPS) is 10.6. The van der Waals surface area contributed by atoms with Crippen molar-refractivity contribution in [2.75, 3.05) is 5.32 Å². The minimum absolute atomic E-state index is 0.320. The summed E-state index contributed by atoms with van der Waals surface area (Å²) >= 11 is 0. The standard InChI is InChI=1S/C25H22N4O3/c30-23(27-22-8-6-19(7-9-22)16-20-10-13-26-14-11-20)18-29-24(31)12-15-28(25(29)32)17-21-4-2-1-3-5-21/h1-15H,16-18H2,(H,27,30). The molecule has 0 atom stereocenters. The maximum Gasteiger partial charge on any atom is 0.331 e. The van der Waals surface area contributed by atoms with Crippen LogP contribution in [-0.2, 0) is 24.3 Å². The Labute approximate surface area is 184 Å². The summed E-state index contributed by atoms with van der Waals surface area (Å²) in [6.45, 7) is -0.0351. The minimum atomic E-state index is -0.524. The fourth-order valence-electron chi connectivity index (χ4n) is 3.39. The number of nitrogens with one attached hydrogen (secondary N) is 1. The maximum atomic E-state index is 12.7. The first kappa shape index (κ1) is 21.0. The highest BCUT2D eigenvalue weighted by Crippen LogP contribution is 2.13. The number of carbonyl (C=O) groups excluding carboxylic acids is 1. The van der Waals surface area contributed by atoms with E-state index in [0.29, 0.717) is 12.2 Å². The summed E-state index contributed by atoms with van der Waals surface area (Å²) in [6, 6.07) is 22.1. The van der Waals surface area contributed by atoms with E-state index in [9.17, 15) is 14.4 Å². The van der Waals surface area contributed by atoms with E-state index in [1.165, 1.54) is 16.8 Å². The maximum absolute atomic E-state index is 12.7. The van der Waals surface area contributed by atoms with E-state index in [1.807, 2.05) is 54.6 Å². The van der Waals surface area contributed by atoms with Crippen LogP contribution in [0.25, 0.3) is 0 Å². The zero-order valence-corrected chi connectivity index (χ0v) is 17.3. The second-order valence-corrected chi connectivity index (χ2v) is 7.41. The second kappa shape index (κ2) is 9.70. The van der Waals surface area contributed by atoms with Crippen LogP contribution >= 0.6 is 0 Å². The lowest BCUT2D eigenvalue weighted by atomic mass is 10.1. The van der Waals surface area contributed by atoms with Crippen molar-refractivity contribution in [3.8, 4) is 0 Å². The van der Waals surface area contributed by atoms with Crippen molar-refractivity contribution in [1.29, 1.82) is 0 Å². The topological polar surface area (TPSA) is 86.0 Å². The predicted molar refractivity (Wildman–Crippen MR) is 123 cm³/mol. The van der Waals surface area contributed by atoms with E-state index in [4.69, 9.17) is 0 Å². The molecule has 2 aromatic carbocycles. The molecule has 0 unspecified atom stereocenters. The highest BCUT2D eigenvalue weighted by atomic mass is 16.2. The first-order valence-electron chi connectivity index (χ1n) is 10.2. The third kappa shape index (κ3) is 5.26. The highest BCUT2D eigenvalue weighted by Gasteiger charge is 2.11. The van der Waals surface area contributed by atoms with Gasteiger partial charge in [0.1, 0.15) is 6.54 Å². The fourth-order valence-corrected chi connectivity index (χ4v) is 3.39. The zero-order valence-electron chi connectivity index (χ0n) is 17.3. The number of hydrogen-bond donors (Lipinski definition) is 1. The first-order valence-corrected chi connectivity index (χ1v) is 10.2. The molecular formula is C25H22N4O3. The van der Waals surface area contributed by atoms with E-state index < -0.39 is 17.2 Å². The molecule has 1 amide bonds. The molecule has 32 heavy (non-hydrogen) atoms. The van der Waals surface area contributed by atoms with Crippen molar-refractivity contribution in [2.24, 2.45) is 0 Å². The molecule has 2 heterocycles. The summed E-state index contributed by atoms with van der Waals surface area (Å²) < 4.78 is 2.36. The molecule has 0 saturated carbocycles. The molecule has 0 spiro atoms. The Morgan fingerprint density at radius 2 is 1.50 bits per heavy atom. The van der Waals surface area contributed by atoms with Gasteiger partial charge in [-0.1, -0.05) is 42.5 Å². The molecule has 0 bridgehead atoms. The highest BCUT2D eigenvalue weighted by molar-refractivity contribution is 5.90. The van der Waals surface area contributed by atoms with Crippen molar-refractivity contribution in [3.63, 3.8) is 0 Å². The van der Waals surface area contributed by atoms with Crippen LogP contribution in [0.15, 0.2) is 101 Å². The van der Waals surface area contributed by atoms with Crippen LogP contribution < -0.4 is 16.6 Å². The first-order chi connectivity index (χ1) is 15.6. The number of aromatic nitrogens is 3. The number of anilines is 1. The Morgan fingerprint density at radius 1 is 0.812 bits per heavy atom. The van der Waals surface area contributed by atoms with Gasteiger partial charge in [-0.2, -0.15) is 0 Å². The number of hydrogen-bond acceptors (Lipinski definition) is 4. The number of rotatable bonds is 7. The van der Waals surface area contributed by atoms with Gasteiger partial charge in [0.25, 0.3) is 5.56 Å². The van der Waals surface area contributed by atoms with Gasteiger partial charge in [0.05, 0.1) is 6.54 Å². The number of amides is 1. The van der Waals surface area contributed by atoms with Gasteiger partial charge in [0, 0.05) is 30.3 Å². The molecule has 1 N–H and O–H groups in total. The van der Waals surface area contributed by atoms with Crippen LogP contribution in [0.2, 0.25) is 0 Å². The molecule has 0 aliphatic carbocycles. The zero-order chi connectivity index (χ0) is 22.3. The van der Waals surface area contributed by atoms with Gasteiger partial charge < -0.3 is 5.32 Å². The lowest BCUT2D eigenvalue weighted by molar-refractivity contribution is -0.116. The molecule has 7 nitrogen and oxygen atoms in total. The van der Waals surface area contributed by atoms with Crippen molar-refractivity contribution >= 4 is 11.6 Å². The molecule has 4 rings (SSSR count). The Bertz CT molecular complexity index is 1310. The molecule has 0 fully saturated rings. The third-order valence-electron chi connectivity index (χ3n) is 5.03. The number of nitrogens with zero attached hydrogens (tertiary/aromatic N) is 3. The molecule has 0 aliphatic rings. The average molecular weight is 426 g/mol. The molecule has 160 valence electrons. The Balaban J connectivity index is 1.43. The number of benzene rings is 2. The summed E-state index contributed by atoms with van der Waals surface area (Å²) in [7, 11) is 0. The smallest absolute Gasteiger partial charge is 0.325 e. The lowest BCUT2D eigenvalue weighted by Crippen LogP contribution is -2.41. The SMILES string of the molecule is O=C(Cn1c(=O)ccn(Cc2ccccc2)c1=O)Nc1ccc(Cc2ccncc2)cc1. The van der Waals surface area contributed by atoms with Gasteiger partial charge >= 0.3 is 5.69 Å². The minimum Gasteiger partial charge on any atom is -0.325 e. The fraction of sp³-hybridized carbons (Fsp3) is 0.120. The van der Waals surface area contributed by atoms with E-state index in [2.05, 4.69) is 10.3 Å². The summed E-state index contributed by atoms with van der Waals surface area (Å²) in [5.41, 5.74) is 2.73. The van der Waals surface area contributed by atoms with Gasteiger partial charge in [-0.05, 0) is 47.4 Å². The predicted octanol–water partition coefficient (Wildman–Crippen LogP) is 2.68. The van der Waals surface area contributed by atoms with Crippen LogP contribution in [0.3, 0.4) is 0 Å². The second-order valence-electron chi connectivity index (χ2n) is 7.41. The molecule has 2 aromatic heterocycles. The number of pyridine rings is 1. The third-order valence-corrected chi connectivity index (χ3v) is 5.03. The average Bonchev–Trinajstić information content (AvgIpc) is 2.81. The summed E-state index contributed by atoms with van der Waals surface area (Å²) in [4.78, 5) is 41.5. The Kier molecular flexibility index (Phi) is 6.36. The van der Waals surface area contributed by atoms with Crippen LogP contribution in [0.5, 0.6) is 0 Å². The molecular weight excluding hydrogens is 404 g/mol. The van der Waals surface area contributed by atoms with Crippen molar-refractivity contribution < 1.29 is 4.79 Å². The quantitative estimate of drug-likeness (QED) is 0.492. The van der Waals surface area contributed by atoms with Crippen LogP contribution in [-0.4, -0.2) is 20.0 Å². The van der Waals surface area contributed by atoms with Gasteiger partial charge in [-0.3, -0.25) is 23.7 Å². The molecule has 0 saturated heterocycles. The van der Waals surface area contributed by atoms with Gasteiger partial charge in [-0.15, -0.1) is 0 Å². The Morgan fingerprint density at radius 3 is 2.22 bits per heavy atom. The van der Waals surface area contributed by atoms with E-state index in [-0.39, 0.29) is 6.54 Å². The largest absolute Gasteiger partial charge is 0.331 e. The summed E-state index contributed by atoms with van der Waals surface area (Å²) in [5, 5.41) is 2.75. The molecule has 7 heteroatoms. The van der Waals surface area contributed by atoms with Crippen LogP contribution in [0.4, 0.5) is 5.69 Å². The monoisotopic (exact) mass is 426 g/mol. The number of carbonyl (C=O) groups is 1. The molecule has 0 aliphatic heterocycles. The van der Waals surface area contributed by atoms with Crippen molar-refractivity contribution in [1.82, 2.24) is 14.1 Å². The van der Waals surface area contributed by atoms with E-state index in [0.717, 1.165) is 27.7 Å². The summed E-state index contributed by atoms with van der Waals surface area (Å²) in [5.74, 6) is -0.441. The van der Waals surface area contributed by atoms with Gasteiger partial charge in [-0.25, -0.2) is 4.79 Å². The van der Waals surface area contributed by atoms with Crippen molar-refractivity contribution in [2.45, 2.75) is 19.5 Å². The molecule has 0 radical (unpaired) electrons. The van der Waals surface area contributed by atoms with Crippen molar-refractivity contribution in [3.05, 3.63) is 129 Å². The Hall–Kier alpha value is -4.26. The lowest BCUT2D eigenvalue weighted by Gasteiger charge is -2.11. The van der Waals surface area contributed by atoms with Gasteiger partial charge in [0.15, 0.2) is 0 Å². The molecule has 4 aromatic rings.